The van der Waals surface area contributed by atoms with Gasteiger partial charge in [0.2, 0.25) is 0 Å². The van der Waals surface area contributed by atoms with Crippen molar-refractivity contribution in [3.8, 4) is 0 Å². The molecule has 0 fully saturated rings. The summed E-state index contributed by atoms with van der Waals surface area (Å²) in [6.45, 7) is 2.48. The van der Waals surface area contributed by atoms with Crippen LogP contribution in [0.4, 0.5) is 0 Å². The summed E-state index contributed by atoms with van der Waals surface area (Å²) in [5.74, 6) is 0.447. The zero-order valence-electron chi connectivity index (χ0n) is 11.0. The average Bonchev–Trinajstić information content (AvgIpc) is 2.86. The predicted octanol–water partition coefficient (Wildman–Crippen LogP) is 3.61. The third kappa shape index (κ3) is 2.91. The second-order valence-electron chi connectivity index (χ2n) is 4.85. The smallest absolute Gasteiger partial charge is 0.137 e. The maximum atomic E-state index is 9.25. The summed E-state index contributed by atoms with van der Waals surface area (Å²) in [4.78, 5) is 7.47. The second-order valence-corrected chi connectivity index (χ2v) is 4.85. The van der Waals surface area contributed by atoms with Gasteiger partial charge in [0.1, 0.15) is 5.65 Å². The van der Waals surface area contributed by atoms with E-state index in [0.717, 1.165) is 18.5 Å². The first-order valence-corrected chi connectivity index (χ1v) is 6.89. The third-order valence-corrected chi connectivity index (χ3v) is 3.57. The molecule has 1 atom stereocenters. The molecule has 2 aromatic rings. The van der Waals surface area contributed by atoms with E-state index < -0.39 is 0 Å². The molecule has 2 aromatic heterocycles. The van der Waals surface area contributed by atoms with Crippen LogP contribution in [-0.2, 0) is 0 Å². The van der Waals surface area contributed by atoms with Crippen LogP contribution >= 0.6 is 0 Å². The van der Waals surface area contributed by atoms with Crippen molar-refractivity contribution in [1.29, 1.82) is 0 Å². The van der Waals surface area contributed by atoms with Crippen molar-refractivity contribution < 1.29 is 5.11 Å². The molecule has 0 saturated carbocycles. The molecule has 0 radical (unpaired) electrons. The Bertz CT molecular complexity index is 478. The Morgan fingerprint density at radius 1 is 1.28 bits per heavy atom. The number of aliphatic hydroxyl groups is 1. The van der Waals surface area contributed by atoms with E-state index in [4.69, 9.17) is 0 Å². The molecular weight excluding hydrogens is 224 g/mol. The molecule has 3 heteroatoms. The summed E-state index contributed by atoms with van der Waals surface area (Å²) < 4.78 is 0. The standard InChI is InChI=1S/C15H22N2O/c1-2-3-4-5-12(8-11-18)13-6-9-16-15-14(13)7-10-17-15/h6-7,9-10,12,18H,2-5,8,11H2,1H3,(H,16,17). The number of aromatic nitrogens is 2. The summed E-state index contributed by atoms with van der Waals surface area (Å²) in [6, 6.07) is 4.18. The van der Waals surface area contributed by atoms with Gasteiger partial charge in [-0.25, -0.2) is 4.98 Å². The van der Waals surface area contributed by atoms with Crippen LogP contribution in [0.25, 0.3) is 11.0 Å². The molecular formula is C15H22N2O. The first kappa shape index (κ1) is 13.1. The normalized spacial score (nSPS) is 13.0. The van der Waals surface area contributed by atoms with Crippen LogP contribution in [0.3, 0.4) is 0 Å². The van der Waals surface area contributed by atoms with Crippen molar-refractivity contribution in [2.24, 2.45) is 0 Å². The van der Waals surface area contributed by atoms with Crippen LogP contribution < -0.4 is 0 Å². The molecule has 0 aliphatic rings. The number of hydrogen-bond donors (Lipinski definition) is 2. The molecule has 0 aliphatic carbocycles. The number of aromatic amines is 1. The van der Waals surface area contributed by atoms with E-state index in [1.807, 2.05) is 12.4 Å². The van der Waals surface area contributed by atoms with Crippen molar-refractivity contribution >= 4 is 11.0 Å². The van der Waals surface area contributed by atoms with Gasteiger partial charge in [-0.1, -0.05) is 26.2 Å². The number of pyridine rings is 1. The minimum atomic E-state index is 0.255. The highest BCUT2D eigenvalue weighted by Crippen LogP contribution is 2.30. The molecule has 2 heterocycles. The van der Waals surface area contributed by atoms with Gasteiger partial charge >= 0.3 is 0 Å². The summed E-state index contributed by atoms with van der Waals surface area (Å²) >= 11 is 0. The number of fused-ring (bicyclic) bond motifs is 1. The van der Waals surface area contributed by atoms with Gasteiger partial charge in [-0.2, -0.15) is 0 Å². The Kier molecular flexibility index (Phi) is 4.76. The van der Waals surface area contributed by atoms with E-state index in [0.29, 0.717) is 5.92 Å². The molecule has 18 heavy (non-hydrogen) atoms. The molecule has 0 aromatic carbocycles. The quantitative estimate of drug-likeness (QED) is 0.733. The van der Waals surface area contributed by atoms with E-state index in [-0.39, 0.29) is 6.61 Å². The Balaban J connectivity index is 2.20. The molecule has 0 spiro atoms. The number of unbranched alkanes of at least 4 members (excludes halogenated alkanes) is 2. The number of nitrogens with zero attached hydrogens (tertiary/aromatic N) is 1. The van der Waals surface area contributed by atoms with Crippen molar-refractivity contribution in [2.75, 3.05) is 6.61 Å². The molecule has 0 saturated heterocycles. The number of aliphatic hydroxyl groups excluding tert-OH is 1. The largest absolute Gasteiger partial charge is 0.396 e. The van der Waals surface area contributed by atoms with Gasteiger partial charge < -0.3 is 10.1 Å². The van der Waals surface area contributed by atoms with Gasteiger partial charge in [-0.05, 0) is 36.5 Å². The zero-order valence-corrected chi connectivity index (χ0v) is 11.0. The van der Waals surface area contributed by atoms with Crippen LogP contribution in [0.2, 0.25) is 0 Å². The molecule has 0 bridgehead atoms. The Labute approximate surface area is 108 Å². The van der Waals surface area contributed by atoms with Gasteiger partial charge in [0.25, 0.3) is 0 Å². The van der Waals surface area contributed by atoms with E-state index in [1.165, 1.54) is 30.2 Å². The first-order valence-electron chi connectivity index (χ1n) is 6.89. The zero-order chi connectivity index (χ0) is 12.8. The summed E-state index contributed by atoms with van der Waals surface area (Å²) in [5, 5.41) is 10.5. The van der Waals surface area contributed by atoms with Gasteiger partial charge in [-0.15, -0.1) is 0 Å². The van der Waals surface area contributed by atoms with E-state index in [1.54, 1.807) is 0 Å². The molecule has 0 amide bonds. The average molecular weight is 246 g/mol. The monoisotopic (exact) mass is 246 g/mol. The van der Waals surface area contributed by atoms with Crippen LogP contribution in [0.15, 0.2) is 24.5 Å². The van der Waals surface area contributed by atoms with Crippen LogP contribution in [0.1, 0.15) is 50.5 Å². The molecule has 1 unspecified atom stereocenters. The van der Waals surface area contributed by atoms with Crippen molar-refractivity contribution in [1.82, 2.24) is 9.97 Å². The number of rotatable bonds is 7. The maximum absolute atomic E-state index is 9.25. The van der Waals surface area contributed by atoms with Crippen molar-refractivity contribution in [3.63, 3.8) is 0 Å². The van der Waals surface area contributed by atoms with Crippen LogP contribution in [0.5, 0.6) is 0 Å². The number of hydrogen-bond acceptors (Lipinski definition) is 2. The van der Waals surface area contributed by atoms with E-state index in [9.17, 15) is 5.11 Å². The molecule has 3 nitrogen and oxygen atoms in total. The lowest BCUT2D eigenvalue weighted by Crippen LogP contribution is -2.03. The molecule has 0 aliphatic heterocycles. The highest BCUT2D eigenvalue weighted by Gasteiger charge is 2.14. The van der Waals surface area contributed by atoms with Crippen molar-refractivity contribution in [2.45, 2.75) is 44.9 Å². The summed E-state index contributed by atoms with van der Waals surface area (Å²) in [7, 11) is 0. The van der Waals surface area contributed by atoms with E-state index >= 15 is 0 Å². The van der Waals surface area contributed by atoms with Crippen LogP contribution in [-0.4, -0.2) is 21.7 Å². The maximum Gasteiger partial charge on any atom is 0.137 e. The van der Waals surface area contributed by atoms with Crippen molar-refractivity contribution in [3.05, 3.63) is 30.1 Å². The number of H-pyrrole nitrogens is 1. The lowest BCUT2D eigenvalue weighted by Gasteiger charge is -2.17. The Morgan fingerprint density at radius 2 is 2.17 bits per heavy atom. The Morgan fingerprint density at radius 3 is 2.94 bits per heavy atom. The highest BCUT2D eigenvalue weighted by atomic mass is 16.3. The summed E-state index contributed by atoms with van der Waals surface area (Å²) in [5.41, 5.74) is 2.28. The fraction of sp³-hybridized carbons (Fsp3) is 0.533. The molecule has 2 rings (SSSR count). The van der Waals surface area contributed by atoms with Gasteiger partial charge in [0, 0.05) is 24.4 Å². The minimum Gasteiger partial charge on any atom is -0.396 e. The molecule has 98 valence electrons. The number of nitrogens with one attached hydrogen (secondary N) is 1. The third-order valence-electron chi connectivity index (χ3n) is 3.57. The lowest BCUT2D eigenvalue weighted by atomic mass is 9.89. The fourth-order valence-electron chi connectivity index (χ4n) is 2.59. The van der Waals surface area contributed by atoms with Gasteiger partial charge in [0.05, 0.1) is 0 Å². The fourth-order valence-corrected chi connectivity index (χ4v) is 2.59. The predicted molar refractivity (Wildman–Crippen MR) is 74.7 cm³/mol. The lowest BCUT2D eigenvalue weighted by molar-refractivity contribution is 0.271. The molecule has 2 N–H and O–H groups in total. The SMILES string of the molecule is CCCCCC(CCO)c1ccnc2[nH]ccc12. The van der Waals surface area contributed by atoms with Gasteiger partial charge in [0.15, 0.2) is 0 Å². The van der Waals surface area contributed by atoms with E-state index in [2.05, 4.69) is 29.0 Å². The first-order chi connectivity index (χ1) is 8.86. The van der Waals surface area contributed by atoms with Crippen LogP contribution in [0, 0.1) is 0 Å². The van der Waals surface area contributed by atoms with Gasteiger partial charge in [-0.3, -0.25) is 0 Å². The minimum absolute atomic E-state index is 0.255. The highest BCUT2D eigenvalue weighted by molar-refractivity contribution is 5.79. The second kappa shape index (κ2) is 6.55. The summed E-state index contributed by atoms with van der Waals surface area (Å²) in [6.07, 6.45) is 9.52. The Hall–Kier alpha value is -1.35. The topological polar surface area (TPSA) is 48.9 Å².